The lowest BCUT2D eigenvalue weighted by Crippen LogP contribution is -2.59. The van der Waals surface area contributed by atoms with Crippen LogP contribution in [0.3, 0.4) is 0 Å². The van der Waals surface area contributed by atoms with E-state index in [2.05, 4.69) is 22.5 Å². The van der Waals surface area contributed by atoms with Gasteiger partial charge in [-0.1, -0.05) is 38.4 Å². The number of hydrogen-bond acceptors (Lipinski definition) is 12. The van der Waals surface area contributed by atoms with Crippen molar-refractivity contribution in [1.29, 1.82) is 0 Å². The molecule has 4 fully saturated rings. The number of carbonyl (C=O) groups excluding carboxylic acids is 3. The zero-order valence-electron chi connectivity index (χ0n) is 33.5. The van der Waals surface area contributed by atoms with Gasteiger partial charge >= 0.3 is 12.1 Å². The fraction of sp³-hybridized carbons (Fsp3) is 0.561. The number of alkyl carbamates (subject to hydrolysis) is 1. The molecule has 3 saturated heterocycles. The van der Waals surface area contributed by atoms with Crippen LogP contribution in [0, 0.1) is 11.3 Å². The first-order chi connectivity index (χ1) is 27.5. The molecule has 1 saturated carbocycles. The topological polar surface area (TPSA) is 191 Å². The first-order valence-electron chi connectivity index (χ1n) is 19.7. The summed E-state index contributed by atoms with van der Waals surface area (Å²) in [6, 6.07) is 3.12. The van der Waals surface area contributed by atoms with Crippen molar-refractivity contribution in [3.8, 4) is 22.9 Å². The average Bonchev–Trinajstić information content (AvgIpc) is 3.42. The van der Waals surface area contributed by atoms with Crippen LogP contribution in [0.2, 0.25) is 5.02 Å². The summed E-state index contributed by atoms with van der Waals surface area (Å²) in [6.07, 6.45) is 2.97. The van der Waals surface area contributed by atoms with Crippen molar-refractivity contribution in [1.82, 2.24) is 25.5 Å². The van der Waals surface area contributed by atoms with Gasteiger partial charge in [-0.3, -0.25) is 9.59 Å². The van der Waals surface area contributed by atoms with Crippen LogP contribution in [-0.4, -0.2) is 106 Å². The molecule has 3 amide bonds. The number of pyridine rings is 1. The van der Waals surface area contributed by atoms with Crippen molar-refractivity contribution in [2.24, 2.45) is 11.3 Å². The smallest absolute Gasteiger partial charge is 0.408 e. The summed E-state index contributed by atoms with van der Waals surface area (Å²) in [4.78, 5) is 65.8. The molecule has 3 unspecified atom stereocenters. The van der Waals surface area contributed by atoms with E-state index in [1.165, 1.54) is 29.4 Å². The summed E-state index contributed by atoms with van der Waals surface area (Å²) >= 11 is 8.25. The molecule has 8 atom stereocenters. The number of amides is 3. The highest BCUT2D eigenvalue weighted by molar-refractivity contribution is 7.14. The van der Waals surface area contributed by atoms with E-state index in [9.17, 15) is 24.3 Å². The predicted octanol–water partition coefficient (Wildman–Crippen LogP) is 6.19. The van der Waals surface area contributed by atoms with Crippen molar-refractivity contribution >= 4 is 62.8 Å². The van der Waals surface area contributed by atoms with Crippen LogP contribution in [0.1, 0.15) is 73.1 Å². The van der Waals surface area contributed by atoms with Gasteiger partial charge in [-0.25, -0.2) is 19.6 Å². The molecule has 3 aliphatic heterocycles. The van der Waals surface area contributed by atoms with Crippen molar-refractivity contribution < 1.29 is 43.2 Å². The molecule has 312 valence electrons. The quantitative estimate of drug-likeness (QED) is 0.143. The number of methoxy groups -OCH3 is 1. The number of aromatic nitrogens is 2. The van der Waals surface area contributed by atoms with Crippen molar-refractivity contribution in [2.45, 2.75) is 121 Å². The number of carboxylic acids is 1. The minimum Gasteiger partial charge on any atom is -0.495 e. The zero-order valence-corrected chi connectivity index (χ0v) is 35.1. The minimum atomic E-state index is -1.54. The van der Waals surface area contributed by atoms with E-state index in [0.717, 1.165) is 12.8 Å². The Labute approximate surface area is 346 Å². The number of benzene rings is 1. The molecule has 58 heavy (non-hydrogen) atoms. The summed E-state index contributed by atoms with van der Waals surface area (Å²) in [6.45, 7) is 13.1. The van der Waals surface area contributed by atoms with E-state index in [1.54, 1.807) is 18.2 Å². The van der Waals surface area contributed by atoms with Crippen molar-refractivity contribution in [3.63, 3.8) is 0 Å². The monoisotopic (exact) mass is 838 g/mol. The molecule has 17 heteroatoms. The first kappa shape index (κ1) is 41.5. The Balaban J connectivity index is 1.20. The maximum Gasteiger partial charge on any atom is 0.408 e. The van der Waals surface area contributed by atoms with Crippen molar-refractivity contribution in [3.05, 3.63) is 41.3 Å². The number of aliphatic carboxylic acids is 1. The molecule has 7 rings (SSSR count). The molecule has 4 N–H and O–H groups in total. The molecular weight excluding hydrogens is 788 g/mol. The van der Waals surface area contributed by atoms with Gasteiger partial charge in [-0.15, -0.1) is 17.9 Å². The minimum absolute atomic E-state index is 0.0143. The van der Waals surface area contributed by atoms with Crippen LogP contribution < -0.4 is 25.4 Å². The molecule has 5 heterocycles. The Morgan fingerprint density at radius 1 is 1.09 bits per heavy atom. The molecule has 15 nitrogen and oxygen atoms in total. The van der Waals surface area contributed by atoms with E-state index in [4.69, 9.17) is 40.5 Å². The van der Waals surface area contributed by atoms with Crippen LogP contribution in [0.5, 0.6) is 11.5 Å². The number of anilines is 1. The Morgan fingerprint density at radius 3 is 2.43 bits per heavy atom. The van der Waals surface area contributed by atoms with Crippen LogP contribution in [0.25, 0.3) is 22.3 Å². The van der Waals surface area contributed by atoms with Crippen molar-refractivity contribution in [2.75, 3.05) is 19.0 Å². The molecule has 0 spiro atoms. The maximum absolute atomic E-state index is 14.7. The number of fused-ring (bicyclic) bond motifs is 3. The number of carboxylic acid groups (broad SMARTS) is 1. The SMILES string of the molecule is C=CC1C[C@]1(NC(=O)[C@@H]1C[C@@H](Oc2cc(-c3csc(NC(C)C)n3)nc3c(Cl)c(OC)ccc23)CN1C(=O)C(NC(=O)OC1C[C@H]2CC[C@@H](C1)O2)C(C)(C)C)C(=O)O. The first-order valence-corrected chi connectivity index (χ1v) is 20.9. The Morgan fingerprint density at radius 2 is 1.81 bits per heavy atom. The Bertz CT molecular complexity index is 2090. The normalized spacial score (nSPS) is 26.9. The van der Waals surface area contributed by atoms with E-state index in [-0.39, 0.29) is 48.8 Å². The molecule has 0 radical (unpaired) electrons. The van der Waals surface area contributed by atoms with E-state index in [1.807, 2.05) is 40.0 Å². The van der Waals surface area contributed by atoms with Gasteiger partial charge in [0.1, 0.15) is 52.0 Å². The van der Waals surface area contributed by atoms with Gasteiger partial charge < -0.3 is 44.9 Å². The third-order valence-electron chi connectivity index (χ3n) is 11.3. The van der Waals surface area contributed by atoms with E-state index < -0.39 is 58.9 Å². The number of thiazole rings is 1. The van der Waals surface area contributed by atoms with E-state index >= 15 is 0 Å². The lowest BCUT2D eigenvalue weighted by atomic mass is 9.85. The van der Waals surface area contributed by atoms with Gasteiger partial charge in [0.15, 0.2) is 5.13 Å². The summed E-state index contributed by atoms with van der Waals surface area (Å²) in [5, 5.41) is 22.4. The second-order valence-electron chi connectivity index (χ2n) is 17.0. The zero-order chi connectivity index (χ0) is 41.7. The third-order valence-corrected chi connectivity index (χ3v) is 12.4. The highest BCUT2D eigenvalue weighted by Gasteiger charge is 2.61. The fourth-order valence-corrected chi connectivity index (χ4v) is 9.33. The van der Waals surface area contributed by atoms with Gasteiger partial charge in [0.05, 0.1) is 37.1 Å². The van der Waals surface area contributed by atoms with Crippen LogP contribution in [0.4, 0.5) is 9.93 Å². The van der Waals surface area contributed by atoms with Gasteiger partial charge in [-0.05, 0) is 50.7 Å². The van der Waals surface area contributed by atoms with Crippen LogP contribution >= 0.6 is 22.9 Å². The molecule has 1 aliphatic carbocycles. The number of halogens is 1. The fourth-order valence-electron chi connectivity index (χ4n) is 8.20. The number of nitrogens with zero attached hydrogens (tertiary/aromatic N) is 3. The third kappa shape index (κ3) is 8.41. The summed E-state index contributed by atoms with van der Waals surface area (Å²) in [7, 11) is 1.51. The number of rotatable bonds is 13. The number of likely N-dealkylation sites (tertiary alicyclic amines) is 1. The number of carbonyl (C=O) groups is 4. The molecule has 4 aliphatic rings. The molecular formula is C41H51ClN6O9S. The molecule has 2 bridgehead atoms. The van der Waals surface area contributed by atoms with Gasteiger partial charge in [0.2, 0.25) is 11.8 Å². The summed E-state index contributed by atoms with van der Waals surface area (Å²) in [5.41, 5.74) is -0.893. The van der Waals surface area contributed by atoms with Gasteiger partial charge in [0.25, 0.3) is 0 Å². The highest BCUT2D eigenvalue weighted by Crippen LogP contribution is 2.45. The second-order valence-corrected chi connectivity index (χ2v) is 18.3. The number of ether oxygens (including phenoxy) is 4. The number of nitrogens with one attached hydrogen (secondary N) is 3. The standard InChI is InChI=1S/C41H51ClN6O9S/c1-8-21-17-41(21,37(51)52)47-35(49)29-15-25(18-48(29)36(50)34(40(4,5)6)46-39(53)57-24-13-22-9-10-23(14-24)55-22)56-31-16-27(28-19-58-38(45-28)43-20(2)3)44-33-26(31)11-12-30(54-7)32(33)42/h8,11-12,16,19-25,29,34H,1,9-10,13-15,17-18H2,2-7H3,(H,43,45)(H,46,53)(H,47,49)(H,51,52)/t21?,22-,23+,24?,25-,29+,34?,41-/m1/s1. The molecule has 2 aromatic heterocycles. The lowest BCUT2D eigenvalue weighted by molar-refractivity contribution is -0.146. The summed E-state index contributed by atoms with van der Waals surface area (Å²) < 4.78 is 23.9. The van der Waals surface area contributed by atoms with E-state index in [0.29, 0.717) is 51.8 Å². The maximum atomic E-state index is 14.7. The molecule has 3 aromatic rings. The van der Waals surface area contributed by atoms with Gasteiger partial charge in [-0.2, -0.15) is 0 Å². The van der Waals surface area contributed by atoms with Crippen LogP contribution in [0.15, 0.2) is 36.2 Å². The predicted molar refractivity (Wildman–Crippen MR) is 218 cm³/mol. The molecule has 1 aromatic carbocycles. The van der Waals surface area contributed by atoms with Gasteiger partial charge in [0, 0.05) is 48.1 Å². The summed E-state index contributed by atoms with van der Waals surface area (Å²) in [5.74, 6) is -2.07. The number of hydrogen-bond donors (Lipinski definition) is 4. The highest BCUT2D eigenvalue weighted by atomic mass is 35.5. The van der Waals surface area contributed by atoms with Crippen LogP contribution in [-0.2, 0) is 23.9 Å². The Hall–Kier alpha value is -4.67. The lowest BCUT2D eigenvalue weighted by Gasteiger charge is -2.36. The largest absolute Gasteiger partial charge is 0.495 e. The second kappa shape index (κ2) is 16.2. The average molecular weight is 839 g/mol. The Kier molecular flexibility index (Phi) is 11.6.